The van der Waals surface area contributed by atoms with Crippen LogP contribution in [0.3, 0.4) is 0 Å². The van der Waals surface area contributed by atoms with E-state index < -0.39 is 0 Å². The molecule has 13 rings (SSSR count). The number of aryl methyl sites for hydroxylation is 3. The van der Waals surface area contributed by atoms with Gasteiger partial charge in [-0.25, -0.2) is 4.98 Å². The lowest BCUT2D eigenvalue weighted by atomic mass is 10.0. The van der Waals surface area contributed by atoms with Gasteiger partial charge in [0.2, 0.25) is 0 Å². The van der Waals surface area contributed by atoms with Crippen LogP contribution in [0.1, 0.15) is 11.0 Å². The van der Waals surface area contributed by atoms with E-state index in [0.29, 0.717) is 45.8 Å². The molecule has 8 aromatic carbocycles. The molecular weight excluding hydrogens is 785 g/mol. The minimum Gasteiger partial charge on any atom is -0.457 e. The third-order valence-electron chi connectivity index (χ3n) is 13.2. The van der Waals surface area contributed by atoms with Gasteiger partial charge in [0.1, 0.15) is 24.0 Å². The van der Waals surface area contributed by atoms with Gasteiger partial charge in [-0.3, -0.25) is 4.57 Å². The van der Waals surface area contributed by atoms with Crippen LogP contribution in [0, 0.1) is 6.92 Å². The van der Waals surface area contributed by atoms with E-state index in [1.807, 2.05) is 84.4 Å². The van der Waals surface area contributed by atoms with Crippen LogP contribution in [0.15, 0.2) is 188 Å². The summed E-state index contributed by atoms with van der Waals surface area (Å²) in [6.07, 6.45) is 1.83. The Labute approximate surface area is 375 Å². The molecule has 1 aliphatic heterocycles. The van der Waals surface area contributed by atoms with Crippen molar-refractivity contribution in [3.63, 3.8) is 0 Å². The van der Waals surface area contributed by atoms with Gasteiger partial charge in [0.05, 0.1) is 44.6 Å². The van der Waals surface area contributed by atoms with Crippen LogP contribution in [0.4, 0.5) is 22.7 Å². The molecule has 64 heavy (non-hydrogen) atoms. The van der Waals surface area contributed by atoms with Gasteiger partial charge in [-0.2, -0.15) is 0 Å². The molecule has 0 atom stereocenters. The zero-order chi connectivity index (χ0) is 46.1. The maximum atomic E-state index is 9.11. The molecule has 0 saturated carbocycles. The molecule has 0 fully saturated rings. The topological polar surface area (TPSA) is 43.4 Å². The van der Waals surface area contributed by atoms with Crippen molar-refractivity contribution in [3.05, 3.63) is 194 Å². The lowest BCUT2D eigenvalue weighted by molar-refractivity contribution is 0.483. The standard InChI is InChI=1S/C57H42N6O/c1-36-30-54(58-34-47(36)37-16-5-4-6-17-37)63-50-25-12-9-20-41(50)44-29-28-40(32-53(44)63)64-39-19-15-18-38(31-39)61-35-62(52-27-14-13-26-51(52)61)57-55-45(42-21-7-10-23-48(42)59(55)2)33-46-43-22-8-11-24-49(43)60(3)56(46)57/h4-34H,35H2,1-3H3/i9D,12D,20D,25D. The summed E-state index contributed by atoms with van der Waals surface area (Å²) < 4.78 is 48.6. The molecule has 1 aliphatic rings. The molecule has 0 unspecified atom stereocenters. The number of ether oxygens (including phenoxy) is 1. The second-order valence-electron chi connectivity index (χ2n) is 16.7. The van der Waals surface area contributed by atoms with Crippen molar-refractivity contribution < 1.29 is 10.2 Å². The Morgan fingerprint density at radius 3 is 1.91 bits per heavy atom. The highest BCUT2D eigenvalue weighted by Crippen LogP contribution is 2.51. The second-order valence-corrected chi connectivity index (χ2v) is 16.7. The Bertz CT molecular complexity index is 4000. The van der Waals surface area contributed by atoms with Gasteiger partial charge in [-0.15, -0.1) is 0 Å². The Kier molecular flexibility index (Phi) is 7.02. The van der Waals surface area contributed by atoms with Crippen molar-refractivity contribution in [1.82, 2.24) is 18.7 Å². The molecular formula is C57H42N6O. The number of nitrogens with zero attached hydrogens (tertiary/aromatic N) is 6. The molecule has 7 nitrogen and oxygen atoms in total. The van der Waals surface area contributed by atoms with Gasteiger partial charge in [0, 0.05) is 87.0 Å². The van der Waals surface area contributed by atoms with Crippen molar-refractivity contribution >= 4 is 88.2 Å². The summed E-state index contributed by atoms with van der Waals surface area (Å²) in [6, 6.07) is 53.4. The van der Waals surface area contributed by atoms with Crippen molar-refractivity contribution in [2.45, 2.75) is 6.92 Å². The highest BCUT2D eigenvalue weighted by atomic mass is 16.5. The van der Waals surface area contributed by atoms with E-state index in [0.717, 1.165) is 39.4 Å². The number of benzene rings is 8. The molecule has 0 N–H and O–H groups in total. The number of pyridine rings is 1. The molecule has 306 valence electrons. The average Bonchev–Trinajstić information content (AvgIpc) is 4.09. The lowest BCUT2D eigenvalue weighted by Crippen LogP contribution is -2.25. The Morgan fingerprint density at radius 2 is 1.17 bits per heavy atom. The fourth-order valence-corrected chi connectivity index (χ4v) is 10.3. The van der Waals surface area contributed by atoms with Gasteiger partial charge in [-0.1, -0.05) is 103 Å². The largest absolute Gasteiger partial charge is 0.457 e. The zero-order valence-electron chi connectivity index (χ0n) is 39.4. The molecule has 0 aliphatic carbocycles. The van der Waals surface area contributed by atoms with E-state index in [9.17, 15) is 0 Å². The first-order chi connectivity index (χ1) is 33.2. The van der Waals surface area contributed by atoms with Gasteiger partial charge >= 0.3 is 0 Å². The highest BCUT2D eigenvalue weighted by Gasteiger charge is 2.33. The summed E-state index contributed by atoms with van der Waals surface area (Å²) in [7, 11) is 4.35. The number of fused-ring (bicyclic) bond motifs is 10. The lowest BCUT2D eigenvalue weighted by Gasteiger charge is -2.25. The first-order valence-electron chi connectivity index (χ1n) is 23.5. The number of hydrogen-bond acceptors (Lipinski definition) is 4. The fourth-order valence-electron chi connectivity index (χ4n) is 10.3. The van der Waals surface area contributed by atoms with Crippen LogP contribution in [0.2, 0.25) is 0 Å². The first-order valence-corrected chi connectivity index (χ1v) is 21.5. The van der Waals surface area contributed by atoms with Crippen LogP contribution >= 0.6 is 0 Å². The van der Waals surface area contributed by atoms with Gasteiger partial charge in [0.25, 0.3) is 0 Å². The van der Waals surface area contributed by atoms with Crippen LogP contribution in [0.5, 0.6) is 11.5 Å². The molecule has 7 heteroatoms. The van der Waals surface area contributed by atoms with Crippen molar-refractivity contribution in [1.29, 1.82) is 0 Å². The number of hydrogen-bond donors (Lipinski definition) is 0. The summed E-state index contributed by atoms with van der Waals surface area (Å²) in [4.78, 5) is 9.73. The smallest absolute Gasteiger partial charge is 0.137 e. The molecule has 12 aromatic rings. The Morgan fingerprint density at radius 1 is 0.531 bits per heavy atom. The molecule has 0 amide bonds. The van der Waals surface area contributed by atoms with E-state index in [2.05, 4.69) is 124 Å². The van der Waals surface area contributed by atoms with Gasteiger partial charge in [-0.05, 0) is 84.8 Å². The minimum atomic E-state index is -0.296. The quantitative estimate of drug-likeness (QED) is 0.167. The number of rotatable bonds is 6. The zero-order valence-corrected chi connectivity index (χ0v) is 35.4. The SMILES string of the molecule is [2H]c1c([2H])c([2H])c2c(c1[2H])c1ccc(Oc3cccc(N4CN(c5c6c(cc7c8ccccc8n(C)c57)c5ccccc5n6C)c5ccccc54)c3)cc1n2-c1cc(C)c(-c2ccccc2)cn1. The van der Waals surface area contributed by atoms with Gasteiger partial charge in [0.15, 0.2) is 0 Å². The van der Waals surface area contributed by atoms with Crippen molar-refractivity contribution in [2.24, 2.45) is 14.1 Å². The average molecular weight is 831 g/mol. The van der Waals surface area contributed by atoms with Crippen LogP contribution < -0.4 is 14.5 Å². The fraction of sp³-hybridized carbons (Fsp3) is 0.0702. The Balaban J connectivity index is 0.926. The second kappa shape index (κ2) is 13.9. The van der Waals surface area contributed by atoms with Crippen LogP contribution in [0.25, 0.3) is 82.4 Å². The summed E-state index contributed by atoms with van der Waals surface area (Å²) in [5.41, 5.74) is 13.1. The normalized spacial score (nSPS) is 13.7. The monoisotopic (exact) mass is 830 g/mol. The Hall–Kier alpha value is -8.29. The van der Waals surface area contributed by atoms with E-state index in [1.54, 1.807) is 0 Å². The molecule has 4 aromatic heterocycles. The third-order valence-corrected chi connectivity index (χ3v) is 13.2. The third kappa shape index (κ3) is 5.31. The summed E-state index contributed by atoms with van der Waals surface area (Å²) in [5, 5.41) is 6.00. The van der Waals surface area contributed by atoms with Crippen molar-refractivity contribution in [2.75, 3.05) is 16.5 Å². The van der Waals surface area contributed by atoms with Gasteiger partial charge < -0.3 is 23.7 Å². The van der Waals surface area contributed by atoms with E-state index in [1.165, 1.54) is 43.6 Å². The van der Waals surface area contributed by atoms with E-state index >= 15 is 0 Å². The number of aromatic nitrogens is 4. The van der Waals surface area contributed by atoms with E-state index in [-0.39, 0.29) is 24.2 Å². The number of para-hydroxylation sites is 5. The van der Waals surface area contributed by atoms with E-state index in [4.69, 9.17) is 15.2 Å². The number of anilines is 4. The van der Waals surface area contributed by atoms with Crippen LogP contribution in [-0.2, 0) is 14.1 Å². The maximum Gasteiger partial charge on any atom is 0.137 e. The highest BCUT2D eigenvalue weighted by molar-refractivity contribution is 6.25. The first kappa shape index (κ1) is 32.4. The summed E-state index contributed by atoms with van der Waals surface area (Å²) in [6.45, 7) is 2.59. The molecule has 5 heterocycles. The summed E-state index contributed by atoms with van der Waals surface area (Å²) >= 11 is 0. The van der Waals surface area contributed by atoms with Crippen molar-refractivity contribution in [3.8, 4) is 28.4 Å². The predicted molar refractivity (Wildman–Crippen MR) is 265 cm³/mol. The molecule has 0 radical (unpaired) electrons. The summed E-state index contributed by atoms with van der Waals surface area (Å²) in [5.74, 6) is 1.73. The minimum absolute atomic E-state index is 0.0959. The van der Waals surface area contributed by atoms with Crippen LogP contribution in [-0.4, -0.2) is 25.4 Å². The predicted octanol–water partition coefficient (Wildman–Crippen LogP) is 14.5. The molecule has 0 spiro atoms. The molecule has 0 saturated heterocycles. The maximum absolute atomic E-state index is 9.11. The molecule has 0 bridgehead atoms.